The average molecular weight is 376 g/mol. The number of aryl methyl sites for hydroxylation is 1. The minimum Gasteiger partial charge on any atom is -0.502 e. The number of rotatable bonds is 2. The number of hydrogen-bond acceptors (Lipinski definition) is 3. The zero-order valence-electron chi connectivity index (χ0n) is 11.1. The van der Waals surface area contributed by atoms with E-state index in [-0.39, 0.29) is 15.6 Å². The van der Waals surface area contributed by atoms with Gasteiger partial charge in [-0.1, -0.05) is 22.0 Å². The van der Waals surface area contributed by atoms with Gasteiger partial charge in [-0.05, 0) is 30.2 Å². The summed E-state index contributed by atoms with van der Waals surface area (Å²) in [5.41, 5.74) is -0.688. The number of aromatic hydroxyl groups is 1. The Balaban J connectivity index is 2.69. The van der Waals surface area contributed by atoms with Gasteiger partial charge >= 0.3 is 11.9 Å². The highest BCUT2D eigenvalue weighted by Gasteiger charge is 2.31. The Bertz CT molecular complexity index is 760. The number of nitro benzene ring substituents is 1. The Morgan fingerprint density at radius 3 is 2.36 bits per heavy atom. The van der Waals surface area contributed by atoms with Crippen LogP contribution in [0.15, 0.2) is 34.8 Å². The van der Waals surface area contributed by atoms with Crippen molar-refractivity contribution in [1.82, 2.24) is 0 Å². The molecule has 2 aromatic carbocycles. The summed E-state index contributed by atoms with van der Waals surface area (Å²) in [6.07, 6.45) is -4.52. The van der Waals surface area contributed by atoms with Crippen LogP contribution in [0.2, 0.25) is 0 Å². The lowest BCUT2D eigenvalue weighted by Gasteiger charge is -2.12. The molecular weight excluding hydrogens is 367 g/mol. The van der Waals surface area contributed by atoms with E-state index in [0.29, 0.717) is 5.56 Å². The molecule has 0 saturated carbocycles. The van der Waals surface area contributed by atoms with Gasteiger partial charge in [0.05, 0.1) is 10.5 Å². The second-order valence-corrected chi connectivity index (χ2v) is 5.52. The third-order valence-electron chi connectivity index (χ3n) is 2.98. The third-order valence-corrected chi connectivity index (χ3v) is 3.63. The molecular formula is C14H9BrF3NO3. The molecule has 0 atom stereocenters. The maximum absolute atomic E-state index is 12.9. The lowest BCUT2D eigenvalue weighted by Crippen LogP contribution is -2.05. The van der Waals surface area contributed by atoms with Crippen molar-refractivity contribution in [3.8, 4) is 16.9 Å². The first-order valence-electron chi connectivity index (χ1n) is 5.96. The molecule has 0 spiro atoms. The molecule has 116 valence electrons. The molecule has 0 unspecified atom stereocenters. The number of hydrogen-bond donors (Lipinski definition) is 1. The predicted molar refractivity (Wildman–Crippen MR) is 77.6 cm³/mol. The van der Waals surface area contributed by atoms with Crippen LogP contribution in [0.3, 0.4) is 0 Å². The zero-order valence-corrected chi connectivity index (χ0v) is 12.7. The highest BCUT2D eigenvalue weighted by molar-refractivity contribution is 9.10. The van der Waals surface area contributed by atoms with Crippen LogP contribution < -0.4 is 0 Å². The molecule has 0 amide bonds. The summed E-state index contributed by atoms with van der Waals surface area (Å²) in [7, 11) is 0. The lowest BCUT2D eigenvalue weighted by molar-refractivity contribution is -0.385. The van der Waals surface area contributed by atoms with Crippen LogP contribution in [0.25, 0.3) is 11.1 Å². The molecule has 4 nitrogen and oxygen atoms in total. The minimum atomic E-state index is -4.52. The summed E-state index contributed by atoms with van der Waals surface area (Å²) in [5.74, 6) is -0.565. The molecule has 1 N–H and O–H groups in total. The Morgan fingerprint density at radius 1 is 1.18 bits per heavy atom. The quantitative estimate of drug-likeness (QED) is 0.589. The number of phenolic OH excluding ortho intramolecular Hbond substituents is 1. The highest BCUT2D eigenvalue weighted by atomic mass is 79.9. The van der Waals surface area contributed by atoms with Gasteiger partial charge in [0.25, 0.3) is 0 Å². The fourth-order valence-corrected chi connectivity index (χ4v) is 2.58. The molecule has 0 saturated heterocycles. The molecule has 0 heterocycles. The van der Waals surface area contributed by atoms with Gasteiger partial charge in [-0.15, -0.1) is 0 Å². The van der Waals surface area contributed by atoms with Gasteiger partial charge in [-0.3, -0.25) is 10.1 Å². The van der Waals surface area contributed by atoms with Crippen LogP contribution >= 0.6 is 15.9 Å². The Kier molecular flexibility index (Phi) is 4.15. The fraction of sp³-hybridized carbons (Fsp3) is 0.143. The van der Waals surface area contributed by atoms with Gasteiger partial charge in [0, 0.05) is 22.2 Å². The molecule has 2 rings (SSSR count). The van der Waals surface area contributed by atoms with E-state index in [1.807, 2.05) is 0 Å². The van der Waals surface area contributed by atoms with Gasteiger partial charge in [-0.2, -0.15) is 13.2 Å². The smallest absolute Gasteiger partial charge is 0.416 e. The Labute approximate surface area is 131 Å². The van der Waals surface area contributed by atoms with E-state index in [1.54, 1.807) is 0 Å². The number of phenols is 1. The van der Waals surface area contributed by atoms with Crippen molar-refractivity contribution in [2.75, 3.05) is 0 Å². The monoisotopic (exact) mass is 375 g/mol. The second kappa shape index (κ2) is 5.60. The normalized spacial score (nSPS) is 11.5. The Hall–Kier alpha value is -2.09. The van der Waals surface area contributed by atoms with Gasteiger partial charge in [0.2, 0.25) is 0 Å². The van der Waals surface area contributed by atoms with Gasteiger partial charge in [0.1, 0.15) is 0 Å². The van der Waals surface area contributed by atoms with Gasteiger partial charge < -0.3 is 5.11 Å². The second-order valence-electron chi connectivity index (χ2n) is 4.66. The van der Waals surface area contributed by atoms with E-state index < -0.39 is 28.1 Å². The molecule has 0 aliphatic rings. The van der Waals surface area contributed by atoms with Crippen LogP contribution in [0.5, 0.6) is 5.75 Å². The van der Waals surface area contributed by atoms with E-state index in [0.717, 1.165) is 24.3 Å². The van der Waals surface area contributed by atoms with Crippen molar-refractivity contribution in [1.29, 1.82) is 0 Å². The SMILES string of the molecule is Cc1cc(-c2cc([N+](=O)[O-])c(O)cc2Br)cc(C(F)(F)F)c1. The third kappa shape index (κ3) is 3.22. The first-order valence-corrected chi connectivity index (χ1v) is 6.75. The van der Waals surface area contributed by atoms with E-state index in [9.17, 15) is 28.4 Å². The van der Waals surface area contributed by atoms with E-state index in [4.69, 9.17) is 0 Å². The van der Waals surface area contributed by atoms with Crippen molar-refractivity contribution < 1.29 is 23.2 Å². The van der Waals surface area contributed by atoms with Gasteiger partial charge in [0.15, 0.2) is 5.75 Å². The van der Waals surface area contributed by atoms with E-state index in [1.165, 1.54) is 13.0 Å². The van der Waals surface area contributed by atoms with Crippen molar-refractivity contribution in [2.24, 2.45) is 0 Å². The van der Waals surface area contributed by atoms with Gasteiger partial charge in [-0.25, -0.2) is 0 Å². The van der Waals surface area contributed by atoms with Crippen molar-refractivity contribution in [2.45, 2.75) is 13.1 Å². The molecule has 0 aliphatic carbocycles. The standard InChI is InChI=1S/C14H9BrF3NO3/c1-7-2-8(4-9(3-7)14(16,17)18)10-5-12(19(21)22)13(20)6-11(10)15/h2-6,20H,1H3. The van der Waals surface area contributed by atoms with E-state index >= 15 is 0 Å². The maximum atomic E-state index is 12.9. The van der Waals surface area contributed by atoms with Crippen LogP contribution in [0.4, 0.5) is 18.9 Å². The van der Waals surface area contributed by atoms with E-state index in [2.05, 4.69) is 15.9 Å². The number of nitrogens with zero attached hydrogens (tertiary/aromatic N) is 1. The molecule has 0 aromatic heterocycles. The summed E-state index contributed by atoms with van der Waals surface area (Å²) in [6, 6.07) is 5.51. The predicted octanol–water partition coefficient (Wildman–Crippen LogP) is 5.06. The van der Waals surface area contributed by atoms with Crippen molar-refractivity contribution in [3.05, 3.63) is 56.0 Å². The summed E-state index contributed by atoms with van der Waals surface area (Å²) in [4.78, 5) is 10.1. The van der Waals surface area contributed by atoms with Crippen LogP contribution in [-0.4, -0.2) is 10.0 Å². The lowest BCUT2D eigenvalue weighted by atomic mass is 9.99. The molecule has 22 heavy (non-hydrogen) atoms. The van der Waals surface area contributed by atoms with Crippen LogP contribution in [0, 0.1) is 17.0 Å². The average Bonchev–Trinajstić information content (AvgIpc) is 2.36. The zero-order chi connectivity index (χ0) is 16.7. The summed E-state index contributed by atoms with van der Waals surface area (Å²) < 4.78 is 38.9. The van der Waals surface area contributed by atoms with Crippen molar-refractivity contribution in [3.63, 3.8) is 0 Å². The summed E-state index contributed by atoms with van der Waals surface area (Å²) in [5, 5.41) is 20.4. The van der Waals surface area contributed by atoms with Crippen LogP contribution in [-0.2, 0) is 6.18 Å². The molecule has 0 bridgehead atoms. The fourth-order valence-electron chi connectivity index (χ4n) is 2.02. The summed E-state index contributed by atoms with van der Waals surface area (Å²) >= 11 is 3.10. The largest absolute Gasteiger partial charge is 0.502 e. The number of nitro groups is 1. The molecule has 2 aromatic rings. The highest BCUT2D eigenvalue weighted by Crippen LogP contribution is 2.40. The Morgan fingerprint density at radius 2 is 1.82 bits per heavy atom. The minimum absolute atomic E-state index is 0.169. The molecule has 0 fully saturated rings. The topological polar surface area (TPSA) is 63.4 Å². The number of halogens is 4. The number of alkyl halides is 3. The van der Waals surface area contributed by atoms with Crippen molar-refractivity contribution >= 4 is 21.6 Å². The number of benzene rings is 2. The molecule has 0 aliphatic heterocycles. The first-order chi connectivity index (χ1) is 10.1. The summed E-state index contributed by atoms with van der Waals surface area (Å²) in [6.45, 7) is 1.50. The molecule has 0 radical (unpaired) electrons. The first kappa shape index (κ1) is 16.3. The molecule has 8 heteroatoms. The van der Waals surface area contributed by atoms with Crippen LogP contribution in [0.1, 0.15) is 11.1 Å². The maximum Gasteiger partial charge on any atom is 0.416 e.